The Kier molecular flexibility index (Phi) is 7.05. The number of fused-ring (bicyclic) bond motifs is 1. The van der Waals surface area contributed by atoms with Gasteiger partial charge in [0.2, 0.25) is 12.4 Å². The van der Waals surface area contributed by atoms with Gasteiger partial charge < -0.3 is 16.1 Å². The average molecular weight is 622 g/mol. The predicted molar refractivity (Wildman–Crippen MR) is 150 cm³/mol. The predicted octanol–water partition coefficient (Wildman–Crippen LogP) is 6.58. The van der Waals surface area contributed by atoms with Gasteiger partial charge in [-0.05, 0) is 50.8 Å². The molecule has 43 heavy (non-hydrogen) atoms. The lowest BCUT2D eigenvalue weighted by molar-refractivity contribution is -0.195. The van der Waals surface area contributed by atoms with Gasteiger partial charge in [-0.15, -0.1) is 12.0 Å². The van der Waals surface area contributed by atoms with Crippen molar-refractivity contribution in [2.45, 2.75) is 56.8 Å². The van der Waals surface area contributed by atoms with E-state index in [-0.39, 0.29) is 24.4 Å². The molecule has 0 spiro atoms. The zero-order valence-corrected chi connectivity index (χ0v) is 23.5. The van der Waals surface area contributed by atoms with E-state index in [0.29, 0.717) is 57.6 Å². The highest BCUT2D eigenvalue weighted by atomic mass is 35.5. The fourth-order valence-corrected chi connectivity index (χ4v) is 5.63. The molecule has 14 heteroatoms. The maximum Gasteiger partial charge on any atom is 0.413 e. The third-order valence-electron chi connectivity index (χ3n) is 8.38. The van der Waals surface area contributed by atoms with Crippen LogP contribution in [-0.4, -0.2) is 39.7 Å². The average Bonchev–Trinajstić information content (AvgIpc) is 3.87. The number of nitrogens with zero attached hydrogens (tertiary/aromatic N) is 3. The molecule has 1 aromatic carbocycles. The summed E-state index contributed by atoms with van der Waals surface area (Å²) in [6, 6.07) is 5.07. The highest BCUT2D eigenvalue weighted by molar-refractivity contribution is 6.35. The van der Waals surface area contributed by atoms with E-state index in [1.165, 1.54) is 18.5 Å². The second-order valence-corrected chi connectivity index (χ2v) is 11.6. The first kappa shape index (κ1) is 29.2. The smallest absolute Gasteiger partial charge is 0.383 e. The quantitative estimate of drug-likeness (QED) is 0.122. The lowest BCUT2D eigenvalue weighted by Crippen LogP contribution is -2.52. The summed E-state index contributed by atoms with van der Waals surface area (Å²) in [5.41, 5.74) is 4.90. The van der Waals surface area contributed by atoms with E-state index >= 15 is 0 Å². The molecule has 2 aliphatic carbocycles. The molecule has 226 valence electrons. The summed E-state index contributed by atoms with van der Waals surface area (Å²) in [4.78, 5) is 8.26. The summed E-state index contributed by atoms with van der Waals surface area (Å²) >= 11 is 6.63. The number of hydrazine groups is 2. The Morgan fingerprint density at radius 3 is 2.53 bits per heavy atom. The number of halogens is 7. The van der Waals surface area contributed by atoms with E-state index in [9.17, 15) is 26.3 Å². The number of hydrogen-bond donors (Lipinski definition) is 4. The molecule has 1 aliphatic heterocycles. The van der Waals surface area contributed by atoms with E-state index in [4.69, 9.17) is 18.0 Å². The van der Waals surface area contributed by atoms with E-state index in [2.05, 4.69) is 37.5 Å². The number of aryl methyl sites for hydroxylation is 1. The fourth-order valence-electron chi connectivity index (χ4n) is 5.36. The van der Waals surface area contributed by atoms with Crippen molar-refractivity contribution < 1.29 is 26.3 Å². The molecule has 3 aromatic rings. The number of terminal acetylenes is 1. The van der Waals surface area contributed by atoms with Crippen LogP contribution in [0.1, 0.15) is 48.5 Å². The highest BCUT2D eigenvalue weighted by Crippen LogP contribution is 2.54. The number of nitrogens with one attached hydrogen (secondary N) is 4. The first-order valence-corrected chi connectivity index (χ1v) is 13.9. The van der Waals surface area contributed by atoms with Crippen molar-refractivity contribution in [2.75, 3.05) is 17.2 Å². The van der Waals surface area contributed by atoms with Gasteiger partial charge in [-0.2, -0.15) is 17.6 Å². The summed E-state index contributed by atoms with van der Waals surface area (Å²) in [6.45, 7) is 1.58. The van der Waals surface area contributed by atoms with Crippen LogP contribution in [0, 0.1) is 30.6 Å². The Morgan fingerprint density at radius 1 is 1.19 bits per heavy atom. The molecule has 2 aromatic heterocycles. The molecule has 0 radical (unpaired) electrons. The minimum Gasteiger partial charge on any atom is -0.383 e. The Morgan fingerprint density at radius 2 is 1.93 bits per heavy atom. The van der Waals surface area contributed by atoms with Gasteiger partial charge in [0.1, 0.15) is 0 Å². The Balaban J connectivity index is 1.40. The molecule has 4 N–H and O–H groups in total. The summed E-state index contributed by atoms with van der Waals surface area (Å²) in [7, 11) is 0. The molecular formula is C29H26ClF6N7. The van der Waals surface area contributed by atoms with E-state index in [0.717, 1.165) is 11.1 Å². The summed E-state index contributed by atoms with van der Waals surface area (Å²) in [6.07, 6.45) is 2.13. The van der Waals surface area contributed by atoms with Crippen LogP contribution in [0.25, 0.3) is 10.9 Å². The van der Waals surface area contributed by atoms with Gasteiger partial charge >= 0.3 is 6.18 Å². The normalized spacial score (nSPS) is 19.1. The molecule has 2 saturated carbocycles. The molecule has 7 nitrogen and oxygen atoms in total. The van der Waals surface area contributed by atoms with E-state index < -0.39 is 35.5 Å². The number of pyridine rings is 2. The van der Waals surface area contributed by atoms with Gasteiger partial charge in [0.25, 0.3) is 0 Å². The molecule has 0 amide bonds. The number of benzene rings is 1. The molecule has 6 rings (SSSR count). The number of alkyl halides is 5. The standard InChI is InChI=1S/C29H26ClF6N7/c1-3-16-12-37-24-19(23(16)38-14-27(6-7-27)26(32)33)10-17(11-20(24)30)40-25(18-4-5-22(31)39-15(18)2)21-13-43(42-41-21)28(8-9-28)29(34,35)36/h1,4-5,10-13,25-26,40-42H,6-9,14H2,2H3,(H,37,38)/t25-/m0/s1. The first-order valence-electron chi connectivity index (χ1n) is 13.5. The lowest BCUT2D eigenvalue weighted by Gasteiger charge is -2.28. The minimum absolute atomic E-state index is 0.00390. The van der Waals surface area contributed by atoms with Crippen molar-refractivity contribution in [3.63, 3.8) is 0 Å². The molecule has 0 saturated heterocycles. The van der Waals surface area contributed by atoms with Crippen molar-refractivity contribution in [3.05, 3.63) is 70.2 Å². The molecule has 1 atom stereocenters. The summed E-state index contributed by atoms with van der Waals surface area (Å²) in [5.74, 6) is 1.82. The zero-order valence-electron chi connectivity index (χ0n) is 22.7. The SMILES string of the molecule is C#Cc1cnc2c(Cl)cc(N[C@H](C3=CN(C4(C(F)(F)F)CC4)NN3)c3ccc(F)nc3C)cc2c1NCC1(C(F)F)CC1. The highest BCUT2D eigenvalue weighted by Gasteiger charge is 2.67. The molecule has 0 unspecified atom stereocenters. The van der Waals surface area contributed by atoms with Crippen LogP contribution in [0.5, 0.6) is 0 Å². The number of anilines is 2. The van der Waals surface area contributed by atoms with Crippen molar-refractivity contribution in [3.8, 4) is 12.3 Å². The van der Waals surface area contributed by atoms with Gasteiger partial charge in [-0.25, -0.2) is 13.8 Å². The largest absolute Gasteiger partial charge is 0.413 e. The Bertz CT molecular complexity index is 1660. The van der Waals surface area contributed by atoms with Crippen molar-refractivity contribution in [1.82, 2.24) is 25.9 Å². The Labute approximate surface area is 248 Å². The number of hydrogen-bond acceptors (Lipinski definition) is 7. The molecular weight excluding hydrogens is 596 g/mol. The van der Waals surface area contributed by atoms with Crippen LogP contribution in [0.4, 0.5) is 37.7 Å². The van der Waals surface area contributed by atoms with Crippen molar-refractivity contribution in [1.29, 1.82) is 0 Å². The Hall–Kier alpha value is -3.89. The topological polar surface area (TPSA) is 77.1 Å². The van der Waals surface area contributed by atoms with Gasteiger partial charge in [-0.3, -0.25) is 9.99 Å². The van der Waals surface area contributed by atoms with Crippen LogP contribution in [0.3, 0.4) is 0 Å². The monoisotopic (exact) mass is 621 g/mol. The second-order valence-electron chi connectivity index (χ2n) is 11.2. The van der Waals surface area contributed by atoms with E-state index in [1.54, 1.807) is 19.1 Å². The van der Waals surface area contributed by atoms with Crippen molar-refractivity contribution in [2.24, 2.45) is 5.41 Å². The van der Waals surface area contributed by atoms with Crippen LogP contribution in [-0.2, 0) is 0 Å². The third-order valence-corrected chi connectivity index (χ3v) is 8.67. The maximum atomic E-state index is 13.9. The van der Waals surface area contributed by atoms with Gasteiger partial charge in [0.15, 0.2) is 5.54 Å². The fraction of sp³-hybridized carbons (Fsp3) is 0.379. The molecule has 0 bridgehead atoms. The second kappa shape index (κ2) is 10.4. The first-order chi connectivity index (χ1) is 20.4. The molecule has 2 fully saturated rings. The minimum atomic E-state index is -4.47. The number of aromatic nitrogens is 2. The maximum absolute atomic E-state index is 13.9. The summed E-state index contributed by atoms with van der Waals surface area (Å²) in [5, 5.41) is 8.05. The zero-order chi connectivity index (χ0) is 30.7. The van der Waals surface area contributed by atoms with Gasteiger partial charge in [0, 0.05) is 46.7 Å². The lowest BCUT2D eigenvalue weighted by atomic mass is 10.0. The van der Waals surface area contributed by atoms with E-state index in [1.807, 2.05) is 0 Å². The van der Waals surface area contributed by atoms with Crippen LogP contribution >= 0.6 is 11.6 Å². The van der Waals surface area contributed by atoms with Gasteiger partial charge in [0.05, 0.1) is 33.5 Å². The van der Waals surface area contributed by atoms with Gasteiger partial charge in [-0.1, -0.05) is 23.6 Å². The van der Waals surface area contributed by atoms with Crippen LogP contribution < -0.4 is 21.6 Å². The van der Waals surface area contributed by atoms with Crippen molar-refractivity contribution >= 4 is 33.9 Å². The number of rotatable bonds is 9. The molecule has 3 heterocycles. The summed E-state index contributed by atoms with van der Waals surface area (Å²) < 4.78 is 82.8. The third kappa shape index (κ3) is 5.16. The van der Waals surface area contributed by atoms with Crippen LogP contribution in [0.2, 0.25) is 5.02 Å². The molecule has 3 aliphatic rings. The van der Waals surface area contributed by atoms with Crippen LogP contribution in [0.15, 0.2) is 42.4 Å².